The molecule has 0 aromatic heterocycles. The number of aryl methyl sites for hydroxylation is 1. The van der Waals surface area contributed by atoms with Gasteiger partial charge in [0.15, 0.2) is 0 Å². The minimum atomic E-state index is -0.642. The molecule has 0 heterocycles. The minimum absolute atomic E-state index is 0.188. The highest BCUT2D eigenvalue weighted by Gasteiger charge is 2.24. The van der Waals surface area contributed by atoms with Crippen molar-refractivity contribution in [1.82, 2.24) is 0 Å². The second kappa shape index (κ2) is 6.55. The maximum absolute atomic E-state index is 10.6. The lowest BCUT2D eigenvalue weighted by Gasteiger charge is -2.24. The van der Waals surface area contributed by atoms with Gasteiger partial charge in [0.25, 0.3) is 0 Å². The summed E-state index contributed by atoms with van der Waals surface area (Å²) in [5, 5.41) is 10.6. The smallest absolute Gasteiger partial charge is 0.122 e. The maximum atomic E-state index is 10.6. The predicted octanol–water partition coefficient (Wildman–Crippen LogP) is 2.78. The van der Waals surface area contributed by atoms with E-state index in [0.29, 0.717) is 6.54 Å². The number of rotatable bonds is 5. The molecule has 2 rings (SSSR count). The molecule has 0 aliphatic heterocycles. The van der Waals surface area contributed by atoms with Crippen LogP contribution in [0.2, 0.25) is 0 Å². The van der Waals surface area contributed by atoms with Gasteiger partial charge < -0.3 is 15.6 Å². The fraction of sp³-hybridized carbons (Fsp3) is 0.294. The third kappa shape index (κ3) is 3.00. The van der Waals surface area contributed by atoms with Crippen LogP contribution in [0.5, 0.6) is 5.75 Å². The Labute approximate surface area is 120 Å². The largest absolute Gasteiger partial charge is 0.496 e. The summed E-state index contributed by atoms with van der Waals surface area (Å²) in [6, 6.07) is 15.5. The molecular formula is C17H21NO2. The van der Waals surface area contributed by atoms with Crippen molar-refractivity contribution in [3.05, 3.63) is 65.2 Å². The van der Waals surface area contributed by atoms with Crippen LogP contribution in [0, 0.1) is 6.92 Å². The van der Waals surface area contributed by atoms with Crippen LogP contribution in [0.1, 0.15) is 28.7 Å². The molecule has 0 fully saturated rings. The zero-order valence-corrected chi connectivity index (χ0v) is 11.9. The number of aliphatic hydroxyl groups excluding tert-OH is 1. The third-order valence-corrected chi connectivity index (χ3v) is 3.56. The van der Waals surface area contributed by atoms with Crippen LogP contribution >= 0.6 is 0 Å². The first-order valence-corrected chi connectivity index (χ1v) is 6.75. The van der Waals surface area contributed by atoms with Gasteiger partial charge >= 0.3 is 0 Å². The molecule has 3 heteroatoms. The number of ether oxygens (including phenoxy) is 1. The van der Waals surface area contributed by atoms with E-state index >= 15 is 0 Å². The van der Waals surface area contributed by atoms with Crippen LogP contribution in [0.4, 0.5) is 0 Å². The summed E-state index contributed by atoms with van der Waals surface area (Å²) < 4.78 is 5.40. The van der Waals surface area contributed by atoms with Gasteiger partial charge in [0.05, 0.1) is 13.2 Å². The molecule has 0 radical (unpaired) electrons. The van der Waals surface area contributed by atoms with Gasteiger partial charge in [0.2, 0.25) is 0 Å². The molecule has 3 nitrogen and oxygen atoms in total. The summed E-state index contributed by atoms with van der Waals surface area (Å²) in [6.07, 6.45) is -0.642. The van der Waals surface area contributed by atoms with Gasteiger partial charge in [-0.25, -0.2) is 0 Å². The first kappa shape index (κ1) is 14.6. The zero-order valence-electron chi connectivity index (χ0n) is 11.9. The van der Waals surface area contributed by atoms with Crippen molar-refractivity contribution >= 4 is 0 Å². The second-order valence-corrected chi connectivity index (χ2v) is 4.94. The molecule has 20 heavy (non-hydrogen) atoms. The van der Waals surface area contributed by atoms with Gasteiger partial charge in [-0.05, 0) is 18.6 Å². The molecule has 0 amide bonds. The second-order valence-electron chi connectivity index (χ2n) is 4.94. The van der Waals surface area contributed by atoms with Gasteiger partial charge in [0.1, 0.15) is 5.75 Å². The molecule has 0 saturated heterocycles. The van der Waals surface area contributed by atoms with E-state index in [9.17, 15) is 5.11 Å². The molecule has 3 N–H and O–H groups in total. The molecule has 0 bridgehead atoms. The average molecular weight is 271 g/mol. The molecule has 2 unspecified atom stereocenters. The predicted molar refractivity (Wildman–Crippen MR) is 80.9 cm³/mol. The number of methoxy groups -OCH3 is 1. The van der Waals surface area contributed by atoms with Crippen LogP contribution in [0.15, 0.2) is 48.5 Å². The van der Waals surface area contributed by atoms with E-state index < -0.39 is 6.10 Å². The molecular weight excluding hydrogens is 250 g/mol. The van der Waals surface area contributed by atoms with E-state index in [0.717, 1.165) is 22.4 Å². The quantitative estimate of drug-likeness (QED) is 0.879. The SMILES string of the molecule is COc1ccc(C)cc1C(CN)C(O)c1ccccc1. The van der Waals surface area contributed by atoms with Crippen molar-refractivity contribution in [2.45, 2.75) is 18.9 Å². The molecule has 2 aromatic carbocycles. The van der Waals surface area contributed by atoms with E-state index in [4.69, 9.17) is 10.5 Å². The van der Waals surface area contributed by atoms with Crippen LogP contribution in [0.3, 0.4) is 0 Å². The van der Waals surface area contributed by atoms with Crippen molar-refractivity contribution in [2.24, 2.45) is 5.73 Å². The highest BCUT2D eigenvalue weighted by Crippen LogP contribution is 2.35. The lowest BCUT2D eigenvalue weighted by Crippen LogP contribution is -2.21. The first-order valence-electron chi connectivity index (χ1n) is 6.75. The summed E-state index contributed by atoms with van der Waals surface area (Å²) >= 11 is 0. The van der Waals surface area contributed by atoms with E-state index in [-0.39, 0.29) is 5.92 Å². The van der Waals surface area contributed by atoms with Crippen LogP contribution in [-0.2, 0) is 0 Å². The molecule has 0 aliphatic rings. The van der Waals surface area contributed by atoms with Gasteiger partial charge in [-0.2, -0.15) is 0 Å². The van der Waals surface area contributed by atoms with Gasteiger partial charge in [0, 0.05) is 18.0 Å². The Kier molecular flexibility index (Phi) is 4.77. The minimum Gasteiger partial charge on any atom is -0.496 e. The van der Waals surface area contributed by atoms with Crippen molar-refractivity contribution in [3.63, 3.8) is 0 Å². The van der Waals surface area contributed by atoms with Crippen LogP contribution < -0.4 is 10.5 Å². The van der Waals surface area contributed by atoms with Crippen LogP contribution in [0.25, 0.3) is 0 Å². The number of nitrogens with two attached hydrogens (primary N) is 1. The standard InChI is InChI=1S/C17H21NO2/c1-12-8-9-16(20-2)14(10-12)15(11-18)17(19)13-6-4-3-5-7-13/h3-10,15,17,19H,11,18H2,1-2H3. The number of hydrogen-bond donors (Lipinski definition) is 2. The van der Waals surface area contributed by atoms with Gasteiger partial charge in [-0.3, -0.25) is 0 Å². The molecule has 106 valence electrons. The first-order chi connectivity index (χ1) is 9.67. The molecule has 0 saturated carbocycles. The molecule has 2 aromatic rings. The highest BCUT2D eigenvalue weighted by molar-refractivity contribution is 5.41. The number of hydrogen-bond acceptors (Lipinski definition) is 3. The highest BCUT2D eigenvalue weighted by atomic mass is 16.5. The lowest BCUT2D eigenvalue weighted by atomic mass is 9.88. The summed E-state index contributed by atoms with van der Waals surface area (Å²) in [5.41, 5.74) is 8.84. The summed E-state index contributed by atoms with van der Waals surface area (Å²) in [5.74, 6) is 0.577. The Morgan fingerprint density at radius 3 is 2.45 bits per heavy atom. The van der Waals surface area contributed by atoms with Crippen molar-refractivity contribution in [2.75, 3.05) is 13.7 Å². The van der Waals surface area contributed by atoms with Crippen molar-refractivity contribution < 1.29 is 9.84 Å². The Bertz CT molecular complexity index is 554. The number of aliphatic hydroxyl groups is 1. The molecule has 0 spiro atoms. The monoisotopic (exact) mass is 271 g/mol. The van der Waals surface area contributed by atoms with Crippen LogP contribution in [-0.4, -0.2) is 18.8 Å². The normalized spacial score (nSPS) is 13.8. The summed E-state index contributed by atoms with van der Waals surface area (Å²) in [7, 11) is 1.64. The van der Waals surface area contributed by atoms with E-state index in [2.05, 4.69) is 0 Å². The molecule has 2 atom stereocenters. The fourth-order valence-electron chi connectivity index (χ4n) is 2.45. The van der Waals surface area contributed by atoms with Gasteiger partial charge in [-0.1, -0.05) is 48.0 Å². The van der Waals surface area contributed by atoms with Crippen molar-refractivity contribution in [1.29, 1.82) is 0 Å². The third-order valence-electron chi connectivity index (χ3n) is 3.56. The summed E-state index contributed by atoms with van der Waals surface area (Å²) in [6.45, 7) is 2.38. The Morgan fingerprint density at radius 2 is 1.85 bits per heavy atom. The van der Waals surface area contributed by atoms with Gasteiger partial charge in [-0.15, -0.1) is 0 Å². The van der Waals surface area contributed by atoms with E-state index in [1.807, 2.05) is 55.5 Å². The number of benzene rings is 2. The van der Waals surface area contributed by atoms with E-state index in [1.54, 1.807) is 7.11 Å². The average Bonchev–Trinajstić information content (AvgIpc) is 2.49. The Hall–Kier alpha value is -1.84. The lowest BCUT2D eigenvalue weighted by molar-refractivity contribution is 0.146. The van der Waals surface area contributed by atoms with Crippen molar-refractivity contribution in [3.8, 4) is 5.75 Å². The Morgan fingerprint density at radius 1 is 1.15 bits per heavy atom. The zero-order chi connectivity index (χ0) is 14.5. The maximum Gasteiger partial charge on any atom is 0.122 e. The molecule has 0 aliphatic carbocycles. The summed E-state index contributed by atoms with van der Waals surface area (Å²) in [4.78, 5) is 0. The van der Waals surface area contributed by atoms with E-state index in [1.165, 1.54) is 0 Å². The fourth-order valence-corrected chi connectivity index (χ4v) is 2.45. The Balaban J connectivity index is 2.40. The topological polar surface area (TPSA) is 55.5 Å².